The van der Waals surface area contributed by atoms with Crippen LogP contribution in [0.2, 0.25) is 0 Å². The second-order valence-electron chi connectivity index (χ2n) is 3.83. The molecule has 0 bridgehead atoms. The van der Waals surface area contributed by atoms with E-state index in [0.717, 1.165) is 33.5 Å². The highest BCUT2D eigenvalue weighted by atomic mass is 16.3. The van der Waals surface area contributed by atoms with Crippen molar-refractivity contribution in [1.82, 2.24) is 0 Å². The van der Waals surface area contributed by atoms with Gasteiger partial charge in [-0.05, 0) is 32.0 Å². The van der Waals surface area contributed by atoms with Crippen LogP contribution in [0.4, 0.5) is 5.69 Å². The molecule has 0 aliphatic carbocycles. The minimum atomic E-state index is 0.660. The Morgan fingerprint density at radius 3 is 2.53 bits per heavy atom. The molecule has 0 unspecified atom stereocenters. The van der Waals surface area contributed by atoms with Gasteiger partial charge < -0.3 is 14.6 Å². The van der Waals surface area contributed by atoms with Gasteiger partial charge in [0.05, 0.1) is 5.69 Å². The molecule has 2 N–H and O–H groups in total. The van der Waals surface area contributed by atoms with Gasteiger partial charge in [0, 0.05) is 10.8 Å². The summed E-state index contributed by atoms with van der Waals surface area (Å²) in [7, 11) is 0. The van der Waals surface area contributed by atoms with Crippen molar-refractivity contribution >= 4 is 27.6 Å². The molecule has 0 aliphatic heterocycles. The van der Waals surface area contributed by atoms with Crippen LogP contribution in [0.15, 0.2) is 27.0 Å². The number of anilines is 1. The van der Waals surface area contributed by atoms with Crippen LogP contribution in [0.3, 0.4) is 0 Å². The molecule has 1 aromatic carbocycles. The van der Waals surface area contributed by atoms with Crippen molar-refractivity contribution < 1.29 is 8.83 Å². The van der Waals surface area contributed by atoms with Crippen LogP contribution < -0.4 is 5.73 Å². The molecule has 3 nitrogen and oxygen atoms in total. The minimum absolute atomic E-state index is 0.660. The van der Waals surface area contributed by atoms with E-state index in [9.17, 15) is 0 Å². The number of hydrogen-bond acceptors (Lipinski definition) is 3. The molecule has 0 amide bonds. The fraction of sp³-hybridized carbons (Fsp3) is 0.167. The normalized spacial score (nSPS) is 11.6. The number of hydrogen-bond donors (Lipinski definition) is 1. The number of fused-ring (bicyclic) bond motifs is 2. The van der Waals surface area contributed by atoms with Gasteiger partial charge in [-0.3, -0.25) is 0 Å². The van der Waals surface area contributed by atoms with Crippen LogP contribution in [0.25, 0.3) is 21.9 Å². The molecule has 76 valence electrons. The molecule has 0 aliphatic rings. The third kappa shape index (κ3) is 1.06. The molecule has 2 aromatic heterocycles. The minimum Gasteiger partial charge on any atom is -0.461 e. The molecule has 0 spiro atoms. The second-order valence-corrected chi connectivity index (χ2v) is 3.83. The van der Waals surface area contributed by atoms with E-state index in [1.807, 2.05) is 32.0 Å². The molecule has 0 atom stereocenters. The lowest BCUT2D eigenvalue weighted by Gasteiger charge is -1.96. The first-order chi connectivity index (χ1) is 7.15. The number of benzene rings is 1. The summed E-state index contributed by atoms with van der Waals surface area (Å²) < 4.78 is 11.1. The number of rotatable bonds is 0. The lowest BCUT2D eigenvalue weighted by atomic mass is 10.1. The third-order valence-electron chi connectivity index (χ3n) is 2.59. The fourth-order valence-corrected chi connectivity index (χ4v) is 1.97. The highest BCUT2D eigenvalue weighted by Crippen LogP contribution is 2.34. The Morgan fingerprint density at radius 1 is 1.00 bits per heavy atom. The van der Waals surface area contributed by atoms with Crippen LogP contribution in [0, 0.1) is 13.8 Å². The first-order valence-corrected chi connectivity index (χ1v) is 4.84. The highest BCUT2D eigenvalue weighted by Gasteiger charge is 2.11. The van der Waals surface area contributed by atoms with E-state index in [4.69, 9.17) is 14.6 Å². The van der Waals surface area contributed by atoms with Crippen molar-refractivity contribution in [3.63, 3.8) is 0 Å². The van der Waals surface area contributed by atoms with E-state index in [-0.39, 0.29) is 0 Å². The first kappa shape index (κ1) is 8.41. The van der Waals surface area contributed by atoms with E-state index < -0.39 is 0 Å². The van der Waals surface area contributed by atoms with Gasteiger partial charge in [0.1, 0.15) is 17.1 Å². The lowest BCUT2D eigenvalue weighted by Crippen LogP contribution is -1.85. The Labute approximate surface area is 86.5 Å². The zero-order chi connectivity index (χ0) is 10.6. The van der Waals surface area contributed by atoms with Gasteiger partial charge in [0.15, 0.2) is 5.58 Å². The van der Waals surface area contributed by atoms with Crippen molar-refractivity contribution in [2.24, 2.45) is 0 Å². The fourth-order valence-electron chi connectivity index (χ4n) is 1.97. The van der Waals surface area contributed by atoms with Gasteiger partial charge in [0.25, 0.3) is 0 Å². The van der Waals surface area contributed by atoms with Crippen LogP contribution in [-0.4, -0.2) is 0 Å². The topological polar surface area (TPSA) is 52.3 Å². The maximum Gasteiger partial charge on any atom is 0.158 e. The van der Waals surface area contributed by atoms with E-state index in [1.54, 1.807) is 0 Å². The van der Waals surface area contributed by atoms with E-state index in [1.165, 1.54) is 0 Å². The van der Waals surface area contributed by atoms with Gasteiger partial charge in [-0.1, -0.05) is 0 Å². The van der Waals surface area contributed by atoms with E-state index in [2.05, 4.69) is 0 Å². The summed E-state index contributed by atoms with van der Waals surface area (Å²) in [6.45, 7) is 3.82. The summed E-state index contributed by atoms with van der Waals surface area (Å²) in [5, 5.41) is 1.92. The maximum absolute atomic E-state index is 6.03. The Hall–Kier alpha value is -1.90. The Bertz CT molecular complexity index is 606. The molecule has 3 rings (SSSR count). The van der Waals surface area contributed by atoms with Crippen molar-refractivity contribution in [3.05, 3.63) is 29.7 Å². The van der Waals surface area contributed by atoms with Crippen molar-refractivity contribution in [3.8, 4) is 0 Å². The summed E-state index contributed by atoms with van der Waals surface area (Å²) in [5.41, 5.74) is 8.26. The van der Waals surface area contributed by atoms with Gasteiger partial charge in [-0.2, -0.15) is 0 Å². The van der Waals surface area contributed by atoms with Gasteiger partial charge >= 0.3 is 0 Å². The smallest absolute Gasteiger partial charge is 0.158 e. The quantitative estimate of drug-likeness (QED) is 0.567. The summed E-state index contributed by atoms with van der Waals surface area (Å²) in [4.78, 5) is 0. The first-order valence-electron chi connectivity index (χ1n) is 4.84. The van der Waals surface area contributed by atoms with Crippen LogP contribution in [0.1, 0.15) is 11.5 Å². The Morgan fingerprint density at radius 2 is 1.73 bits per heavy atom. The molecular weight excluding hydrogens is 190 g/mol. The number of furan rings is 2. The molecule has 2 heterocycles. The zero-order valence-corrected chi connectivity index (χ0v) is 8.63. The standard InChI is InChI=1S/C12H11NO2/c1-6-3-8-5-10-9(4-7(2)14-10)11(13)12(8)15-6/h3-5H,13H2,1-2H3. The zero-order valence-electron chi connectivity index (χ0n) is 8.63. The van der Waals surface area contributed by atoms with Crippen molar-refractivity contribution in [2.45, 2.75) is 13.8 Å². The molecular formula is C12H11NO2. The molecule has 3 heteroatoms. The third-order valence-corrected chi connectivity index (χ3v) is 2.59. The maximum atomic E-state index is 6.03. The molecule has 3 aromatic rings. The van der Waals surface area contributed by atoms with Crippen LogP contribution >= 0.6 is 0 Å². The van der Waals surface area contributed by atoms with E-state index >= 15 is 0 Å². The number of nitrogen functional groups attached to an aromatic ring is 1. The summed E-state index contributed by atoms with van der Waals surface area (Å²) in [6.07, 6.45) is 0. The molecule has 0 fully saturated rings. The lowest BCUT2D eigenvalue weighted by molar-refractivity contribution is 0.576. The SMILES string of the molecule is Cc1cc2c(N)c3oc(C)cc3cc2o1. The van der Waals surface area contributed by atoms with Gasteiger partial charge in [-0.15, -0.1) is 0 Å². The second kappa shape index (κ2) is 2.57. The molecule has 15 heavy (non-hydrogen) atoms. The average molecular weight is 201 g/mol. The van der Waals surface area contributed by atoms with Crippen molar-refractivity contribution in [2.75, 3.05) is 5.73 Å². The monoisotopic (exact) mass is 201 g/mol. The predicted molar refractivity (Wildman–Crippen MR) is 59.9 cm³/mol. The summed E-state index contributed by atoms with van der Waals surface area (Å²) in [6, 6.07) is 5.86. The Kier molecular flexibility index (Phi) is 1.44. The molecule has 0 saturated carbocycles. The summed E-state index contributed by atoms with van der Waals surface area (Å²) >= 11 is 0. The van der Waals surface area contributed by atoms with Gasteiger partial charge in [-0.25, -0.2) is 0 Å². The average Bonchev–Trinajstić information content (AvgIpc) is 2.69. The van der Waals surface area contributed by atoms with Crippen LogP contribution in [-0.2, 0) is 0 Å². The summed E-state index contributed by atoms with van der Waals surface area (Å²) in [5.74, 6) is 1.72. The highest BCUT2D eigenvalue weighted by molar-refractivity contribution is 6.06. The predicted octanol–water partition coefficient (Wildman–Crippen LogP) is 3.38. The number of aryl methyl sites for hydroxylation is 2. The van der Waals surface area contributed by atoms with Gasteiger partial charge in [0.2, 0.25) is 0 Å². The molecule has 0 saturated heterocycles. The number of nitrogens with two attached hydrogens (primary N) is 1. The largest absolute Gasteiger partial charge is 0.461 e. The Balaban J connectivity index is 2.56. The van der Waals surface area contributed by atoms with Crippen LogP contribution in [0.5, 0.6) is 0 Å². The van der Waals surface area contributed by atoms with E-state index in [0.29, 0.717) is 5.69 Å². The molecule has 0 radical (unpaired) electrons. The van der Waals surface area contributed by atoms with Crippen molar-refractivity contribution in [1.29, 1.82) is 0 Å².